The van der Waals surface area contributed by atoms with Crippen molar-refractivity contribution >= 4 is 11.8 Å². The molecule has 1 heterocycles. The number of imide groups is 1. The van der Waals surface area contributed by atoms with Crippen LogP contribution in [0.15, 0.2) is 24.3 Å². The number of morpholine rings is 1. The van der Waals surface area contributed by atoms with Crippen LogP contribution in [0.4, 0.5) is 0 Å². The summed E-state index contributed by atoms with van der Waals surface area (Å²) >= 11 is 0. The summed E-state index contributed by atoms with van der Waals surface area (Å²) in [6.07, 6.45) is 0. The molecule has 0 aromatic heterocycles. The Hall–Kier alpha value is -1.92. The van der Waals surface area contributed by atoms with Crippen molar-refractivity contribution in [1.82, 2.24) is 4.90 Å². The molecule has 1 aliphatic rings. The third kappa shape index (κ3) is 3.52. The first-order valence-corrected chi connectivity index (χ1v) is 6.03. The molecule has 1 fully saturated rings. The van der Waals surface area contributed by atoms with Gasteiger partial charge in [0.25, 0.3) is 11.8 Å². The van der Waals surface area contributed by atoms with Crippen LogP contribution in [0.25, 0.3) is 0 Å². The normalized spacial score (nSPS) is 15.7. The number of benzene rings is 1. The largest absolute Gasteiger partial charge is 0.492 e. The van der Waals surface area contributed by atoms with Gasteiger partial charge in [-0.3, -0.25) is 14.5 Å². The lowest BCUT2D eigenvalue weighted by Crippen LogP contribution is -2.47. The molecule has 1 saturated heterocycles. The van der Waals surface area contributed by atoms with Crippen molar-refractivity contribution in [2.45, 2.75) is 6.54 Å². The number of amides is 2. The predicted octanol–water partition coefficient (Wildman–Crippen LogP) is -0.0905. The number of hydrogen-bond donors (Lipinski definition) is 1. The molecule has 0 bridgehead atoms. The number of nitrogens with zero attached hydrogens (tertiary/aromatic N) is 1. The molecule has 2 N–H and O–H groups in total. The minimum atomic E-state index is -0.324. The van der Waals surface area contributed by atoms with Gasteiger partial charge in [-0.25, -0.2) is 0 Å². The summed E-state index contributed by atoms with van der Waals surface area (Å²) in [5.41, 5.74) is 6.50. The molecule has 102 valence electrons. The Morgan fingerprint density at radius 3 is 2.68 bits per heavy atom. The van der Waals surface area contributed by atoms with Crippen molar-refractivity contribution in [2.75, 3.05) is 26.4 Å². The molecular weight excluding hydrogens is 248 g/mol. The highest BCUT2D eigenvalue weighted by Gasteiger charge is 2.26. The first kappa shape index (κ1) is 13.5. The Labute approximate surface area is 111 Å². The molecule has 2 rings (SSSR count). The third-order valence-corrected chi connectivity index (χ3v) is 2.77. The summed E-state index contributed by atoms with van der Waals surface area (Å²) in [4.78, 5) is 24.1. The van der Waals surface area contributed by atoms with Crippen molar-refractivity contribution in [1.29, 1.82) is 0 Å². The molecule has 1 aliphatic heterocycles. The minimum Gasteiger partial charge on any atom is -0.492 e. The van der Waals surface area contributed by atoms with E-state index in [2.05, 4.69) is 0 Å². The van der Waals surface area contributed by atoms with Gasteiger partial charge in [-0.15, -0.1) is 0 Å². The van der Waals surface area contributed by atoms with Crippen LogP contribution in [-0.4, -0.2) is 43.1 Å². The van der Waals surface area contributed by atoms with Crippen molar-refractivity contribution in [3.63, 3.8) is 0 Å². The molecule has 19 heavy (non-hydrogen) atoms. The standard InChI is InChI=1S/C13H16N2O4/c14-7-10-2-1-3-11(6-10)19-5-4-15-12(16)8-18-9-13(15)17/h1-3,6H,4-5,7-9,14H2. The molecule has 0 atom stereocenters. The van der Waals surface area contributed by atoms with Crippen molar-refractivity contribution in [3.8, 4) is 5.75 Å². The van der Waals surface area contributed by atoms with Gasteiger partial charge in [-0.2, -0.15) is 0 Å². The molecule has 6 nitrogen and oxygen atoms in total. The topological polar surface area (TPSA) is 81.9 Å². The Bertz CT molecular complexity index is 459. The van der Waals surface area contributed by atoms with Gasteiger partial charge in [0.2, 0.25) is 0 Å². The summed E-state index contributed by atoms with van der Waals surface area (Å²) in [5.74, 6) is 0.0298. The zero-order chi connectivity index (χ0) is 13.7. The highest BCUT2D eigenvalue weighted by molar-refractivity contribution is 5.98. The molecule has 2 amide bonds. The van der Waals surface area contributed by atoms with E-state index >= 15 is 0 Å². The molecule has 0 saturated carbocycles. The first-order chi connectivity index (χ1) is 9.20. The molecule has 0 spiro atoms. The SMILES string of the molecule is NCc1cccc(OCCN2C(=O)COCC2=O)c1. The van der Waals surface area contributed by atoms with Crippen molar-refractivity contribution in [3.05, 3.63) is 29.8 Å². The van der Waals surface area contributed by atoms with Crippen LogP contribution in [0.5, 0.6) is 5.75 Å². The van der Waals surface area contributed by atoms with Crippen LogP contribution in [-0.2, 0) is 20.9 Å². The average Bonchev–Trinajstić information content (AvgIpc) is 2.42. The molecule has 0 radical (unpaired) electrons. The van der Waals surface area contributed by atoms with Gasteiger partial charge in [-0.05, 0) is 17.7 Å². The van der Waals surface area contributed by atoms with E-state index < -0.39 is 0 Å². The zero-order valence-corrected chi connectivity index (χ0v) is 10.5. The monoisotopic (exact) mass is 264 g/mol. The fourth-order valence-electron chi connectivity index (χ4n) is 1.79. The van der Waals surface area contributed by atoms with Crippen LogP contribution in [0, 0.1) is 0 Å². The summed E-state index contributed by atoms with van der Waals surface area (Å²) in [6.45, 7) is 0.833. The quantitative estimate of drug-likeness (QED) is 0.752. The van der Waals surface area contributed by atoms with Gasteiger partial charge in [-0.1, -0.05) is 12.1 Å². The zero-order valence-electron chi connectivity index (χ0n) is 10.5. The van der Waals surface area contributed by atoms with Gasteiger partial charge in [0.15, 0.2) is 0 Å². The number of rotatable bonds is 5. The maximum Gasteiger partial charge on any atom is 0.255 e. The summed E-state index contributed by atoms with van der Waals surface area (Å²) < 4.78 is 10.3. The second-order valence-electron chi connectivity index (χ2n) is 4.13. The van der Waals surface area contributed by atoms with Crippen LogP contribution in [0.2, 0.25) is 0 Å². The number of ether oxygens (including phenoxy) is 2. The maximum absolute atomic E-state index is 11.5. The number of nitrogens with two attached hydrogens (primary N) is 1. The van der Waals surface area contributed by atoms with Crippen LogP contribution in [0.1, 0.15) is 5.56 Å². The Morgan fingerprint density at radius 1 is 1.26 bits per heavy atom. The predicted molar refractivity (Wildman–Crippen MR) is 67.4 cm³/mol. The van der Waals surface area contributed by atoms with Crippen LogP contribution >= 0.6 is 0 Å². The molecule has 6 heteroatoms. The lowest BCUT2D eigenvalue weighted by atomic mass is 10.2. The minimum absolute atomic E-state index is 0.0472. The Kier molecular flexibility index (Phi) is 4.48. The number of carbonyl (C=O) groups excluding carboxylic acids is 2. The summed E-state index contributed by atoms with van der Waals surface area (Å²) in [7, 11) is 0. The van der Waals surface area contributed by atoms with Crippen molar-refractivity contribution < 1.29 is 19.1 Å². The number of carbonyl (C=O) groups is 2. The van der Waals surface area contributed by atoms with E-state index in [4.69, 9.17) is 15.2 Å². The van der Waals surface area contributed by atoms with Crippen LogP contribution in [0.3, 0.4) is 0 Å². The van der Waals surface area contributed by atoms with Gasteiger partial charge in [0.1, 0.15) is 25.6 Å². The van der Waals surface area contributed by atoms with E-state index in [9.17, 15) is 9.59 Å². The fraction of sp³-hybridized carbons (Fsp3) is 0.385. The third-order valence-electron chi connectivity index (χ3n) is 2.77. The Morgan fingerprint density at radius 2 is 2.00 bits per heavy atom. The second kappa shape index (κ2) is 6.31. The molecule has 0 aliphatic carbocycles. The highest BCUT2D eigenvalue weighted by atomic mass is 16.5. The molecule has 1 aromatic rings. The summed E-state index contributed by atoms with van der Waals surface area (Å²) in [6, 6.07) is 7.40. The van der Waals surface area contributed by atoms with Gasteiger partial charge in [0, 0.05) is 6.54 Å². The lowest BCUT2D eigenvalue weighted by Gasteiger charge is -2.24. The number of hydrogen-bond acceptors (Lipinski definition) is 5. The first-order valence-electron chi connectivity index (χ1n) is 6.03. The smallest absolute Gasteiger partial charge is 0.255 e. The van der Waals surface area contributed by atoms with E-state index in [1.807, 2.05) is 24.3 Å². The molecule has 0 unspecified atom stereocenters. The maximum atomic E-state index is 11.5. The van der Waals surface area contributed by atoms with E-state index in [-0.39, 0.29) is 38.2 Å². The van der Waals surface area contributed by atoms with E-state index in [0.29, 0.717) is 12.3 Å². The van der Waals surface area contributed by atoms with E-state index in [1.54, 1.807) is 0 Å². The average molecular weight is 264 g/mol. The summed E-state index contributed by atoms with van der Waals surface area (Å²) in [5, 5.41) is 0. The van der Waals surface area contributed by atoms with Gasteiger partial charge in [0.05, 0.1) is 6.54 Å². The van der Waals surface area contributed by atoms with Gasteiger partial charge < -0.3 is 15.2 Å². The molecular formula is C13H16N2O4. The van der Waals surface area contributed by atoms with Gasteiger partial charge >= 0.3 is 0 Å². The second-order valence-corrected chi connectivity index (χ2v) is 4.13. The van der Waals surface area contributed by atoms with Crippen molar-refractivity contribution in [2.24, 2.45) is 5.73 Å². The van der Waals surface area contributed by atoms with E-state index in [1.165, 1.54) is 0 Å². The highest BCUT2D eigenvalue weighted by Crippen LogP contribution is 2.13. The Balaban J connectivity index is 1.85. The fourth-order valence-corrected chi connectivity index (χ4v) is 1.79. The van der Waals surface area contributed by atoms with E-state index in [0.717, 1.165) is 10.5 Å². The van der Waals surface area contributed by atoms with Crippen LogP contribution < -0.4 is 10.5 Å². The lowest BCUT2D eigenvalue weighted by molar-refractivity contribution is -0.158. The molecule has 1 aromatic carbocycles.